The third-order valence-corrected chi connectivity index (χ3v) is 2.53. The molecular formula is C11H15FN2O2. The van der Waals surface area contributed by atoms with Gasteiger partial charge in [0, 0.05) is 7.05 Å². The van der Waals surface area contributed by atoms with Crippen molar-refractivity contribution in [3.63, 3.8) is 0 Å². The van der Waals surface area contributed by atoms with Crippen LogP contribution in [0.15, 0.2) is 18.2 Å². The van der Waals surface area contributed by atoms with Gasteiger partial charge in [0.1, 0.15) is 5.82 Å². The van der Waals surface area contributed by atoms with E-state index < -0.39 is 11.7 Å². The first-order chi connectivity index (χ1) is 7.49. The minimum absolute atomic E-state index is 0.114. The number of amides is 1. The monoisotopic (exact) mass is 226 g/mol. The van der Waals surface area contributed by atoms with Gasteiger partial charge in [-0.15, -0.1) is 0 Å². The second-order valence-electron chi connectivity index (χ2n) is 3.65. The molecule has 5 heteroatoms. The number of carbonyl (C=O) groups is 1. The molecule has 0 saturated carbocycles. The summed E-state index contributed by atoms with van der Waals surface area (Å²) in [6, 6.07) is 3.74. The lowest BCUT2D eigenvalue weighted by Crippen LogP contribution is -2.37. The van der Waals surface area contributed by atoms with Crippen LogP contribution < -0.4 is 5.73 Å². The van der Waals surface area contributed by atoms with E-state index in [0.717, 1.165) is 0 Å². The van der Waals surface area contributed by atoms with E-state index in [2.05, 4.69) is 0 Å². The Balaban J connectivity index is 3.01. The zero-order valence-corrected chi connectivity index (χ0v) is 9.27. The highest BCUT2D eigenvalue weighted by Crippen LogP contribution is 2.18. The van der Waals surface area contributed by atoms with Crippen LogP contribution in [0.1, 0.15) is 17.3 Å². The second kappa shape index (κ2) is 4.94. The Morgan fingerprint density at radius 3 is 2.81 bits per heavy atom. The smallest absolute Gasteiger partial charge is 0.256 e. The summed E-state index contributed by atoms with van der Waals surface area (Å²) in [5.41, 5.74) is 5.43. The van der Waals surface area contributed by atoms with Gasteiger partial charge in [-0.1, -0.05) is 6.07 Å². The number of anilines is 1. The lowest BCUT2D eigenvalue weighted by Gasteiger charge is -2.23. The number of rotatable bonds is 3. The Morgan fingerprint density at radius 2 is 2.25 bits per heavy atom. The molecule has 0 aliphatic carbocycles. The molecule has 1 rings (SSSR count). The van der Waals surface area contributed by atoms with Gasteiger partial charge in [-0.2, -0.15) is 0 Å². The van der Waals surface area contributed by atoms with E-state index in [1.807, 2.05) is 0 Å². The number of benzene rings is 1. The quantitative estimate of drug-likeness (QED) is 0.751. The minimum Gasteiger partial charge on any atom is -0.396 e. The molecule has 0 radical (unpaired) electrons. The standard InChI is InChI=1S/C11H15FN2O2/c1-7(6-15)14(2)11(16)8-4-3-5-9(12)10(8)13/h3-5,7,15H,6,13H2,1-2H3. The summed E-state index contributed by atoms with van der Waals surface area (Å²) in [4.78, 5) is 13.2. The van der Waals surface area contributed by atoms with Gasteiger partial charge in [0.2, 0.25) is 0 Å². The normalized spacial score (nSPS) is 12.2. The zero-order chi connectivity index (χ0) is 12.3. The van der Waals surface area contributed by atoms with Crippen molar-refractivity contribution >= 4 is 11.6 Å². The topological polar surface area (TPSA) is 66.6 Å². The summed E-state index contributed by atoms with van der Waals surface area (Å²) in [5, 5.41) is 8.93. The average Bonchev–Trinajstić information content (AvgIpc) is 2.29. The first-order valence-corrected chi connectivity index (χ1v) is 4.91. The number of hydrogen-bond acceptors (Lipinski definition) is 3. The number of nitrogens with two attached hydrogens (primary N) is 1. The van der Waals surface area contributed by atoms with E-state index in [-0.39, 0.29) is 23.9 Å². The van der Waals surface area contributed by atoms with Crippen LogP contribution in [0.3, 0.4) is 0 Å². The number of aliphatic hydroxyl groups excluding tert-OH is 1. The van der Waals surface area contributed by atoms with Crippen LogP contribution in [0.4, 0.5) is 10.1 Å². The van der Waals surface area contributed by atoms with Gasteiger partial charge in [-0.3, -0.25) is 4.79 Å². The van der Waals surface area contributed by atoms with E-state index in [1.54, 1.807) is 6.92 Å². The predicted molar refractivity (Wildman–Crippen MR) is 59.5 cm³/mol. The van der Waals surface area contributed by atoms with Crippen molar-refractivity contribution in [3.05, 3.63) is 29.6 Å². The Bertz CT molecular complexity index is 396. The molecule has 16 heavy (non-hydrogen) atoms. The predicted octanol–water partition coefficient (Wildman–Crippen LogP) is 0.861. The molecule has 0 aliphatic heterocycles. The Hall–Kier alpha value is -1.62. The first-order valence-electron chi connectivity index (χ1n) is 4.91. The lowest BCUT2D eigenvalue weighted by molar-refractivity contribution is 0.0683. The number of nitrogen functional groups attached to an aromatic ring is 1. The van der Waals surface area contributed by atoms with Crippen LogP contribution in [0.25, 0.3) is 0 Å². The number of halogens is 1. The number of hydrogen-bond donors (Lipinski definition) is 2. The molecular weight excluding hydrogens is 211 g/mol. The van der Waals surface area contributed by atoms with Crippen molar-refractivity contribution in [2.45, 2.75) is 13.0 Å². The van der Waals surface area contributed by atoms with Crippen LogP contribution in [-0.2, 0) is 0 Å². The van der Waals surface area contributed by atoms with E-state index in [1.165, 1.54) is 30.1 Å². The molecule has 0 heterocycles. The molecule has 0 saturated heterocycles. The van der Waals surface area contributed by atoms with Crippen molar-refractivity contribution in [1.29, 1.82) is 0 Å². The van der Waals surface area contributed by atoms with Gasteiger partial charge in [-0.25, -0.2) is 4.39 Å². The maximum absolute atomic E-state index is 13.1. The Kier molecular flexibility index (Phi) is 3.84. The van der Waals surface area contributed by atoms with Crippen molar-refractivity contribution < 1.29 is 14.3 Å². The molecule has 1 aromatic rings. The van der Waals surface area contributed by atoms with Gasteiger partial charge in [0.05, 0.1) is 23.9 Å². The van der Waals surface area contributed by atoms with Crippen LogP contribution in [0, 0.1) is 5.82 Å². The largest absolute Gasteiger partial charge is 0.396 e. The van der Waals surface area contributed by atoms with E-state index in [9.17, 15) is 9.18 Å². The van der Waals surface area contributed by atoms with Crippen molar-refractivity contribution in [2.75, 3.05) is 19.4 Å². The number of para-hydroxylation sites is 1. The third kappa shape index (κ3) is 2.30. The average molecular weight is 226 g/mol. The second-order valence-corrected chi connectivity index (χ2v) is 3.65. The van der Waals surface area contributed by atoms with Crippen LogP contribution in [0.2, 0.25) is 0 Å². The minimum atomic E-state index is -0.615. The van der Waals surface area contributed by atoms with E-state index >= 15 is 0 Å². The van der Waals surface area contributed by atoms with Gasteiger partial charge < -0.3 is 15.7 Å². The van der Waals surface area contributed by atoms with Crippen LogP contribution >= 0.6 is 0 Å². The molecule has 4 nitrogen and oxygen atoms in total. The summed E-state index contributed by atoms with van der Waals surface area (Å²) in [5.74, 6) is -1.02. The summed E-state index contributed by atoms with van der Waals surface area (Å²) in [7, 11) is 1.54. The molecule has 0 fully saturated rings. The molecule has 0 bridgehead atoms. The lowest BCUT2D eigenvalue weighted by atomic mass is 10.1. The van der Waals surface area contributed by atoms with Crippen molar-refractivity contribution in [3.8, 4) is 0 Å². The fourth-order valence-corrected chi connectivity index (χ4v) is 1.24. The molecule has 0 aliphatic rings. The van der Waals surface area contributed by atoms with Crippen LogP contribution in [-0.4, -0.2) is 35.6 Å². The highest BCUT2D eigenvalue weighted by atomic mass is 19.1. The molecule has 88 valence electrons. The molecule has 1 unspecified atom stereocenters. The third-order valence-electron chi connectivity index (χ3n) is 2.53. The number of likely N-dealkylation sites (N-methyl/N-ethyl adjacent to an activating group) is 1. The van der Waals surface area contributed by atoms with Crippen molar-refractivity contribution in [1.82, 2.24) is 4.90 Å². The summed E-state index contributed by atoms with van der Waals surface area (Å²) >= 11 is 0. The van der Waals surface area contributed by atoms with Gasteiger partial charge in [-0.05, 0) is 19.1 Å². The first kappa shape index (κ1) is 12.4. The highest BCUT2D eigenvalue weighted by Gasteiger charge is 2.19. The van der Waals surface area contributed by atoms with Gasteiger partial charge in [0.25, 0.3) is 5.91 Å². The molecule has 0 spiro atoms. The number of aliphatic hydroxyl groups is 1. The summed E-state index contributed by atoms with van der Waals surface area (Å²) < 4.78 is 13.1. The molecule has 1 amide bonds. The van der Waals surface area contributed by atoms with E-state index in [4.69, 9.17) is 10.8 Å². The number of nitrogens with zero attached hydrogens (tertiary/aromatic N) is 1. The Morgan fingerprint density at radius 1 is 1.62 bits per heavy atom. The maximum atomic E-state index is 13.1. The molecule has 1 aromatic carbocycles. The number of carbonyl (C=O) groups excluding carboxylic acids is 1. The molecule has 3 N–H and O–H groups in total. The maximum Gasteiger partial charge on any atom is 0.256 e. The zero-order valence-electron chi connectivity index (χ0n) is 9.27. The summed E-state index contributed by atoms with van der Waals surface area (Å²) in [6.07, 6.45) is 0. The fraction of sp³-hybridized carbons (Fsp3) is 0.364. The van der Waals surface area contributed by atoms with Crippen LogP contribution in [0.5, 0.6) is 0 Å². The Labute approximate surface area is 93.5 Å². The molecule has 0 aromatic heterocycles. The summed E-state index contributed by atoms with van der Waals surface area (Å²) in [6.45, 7) is 1.53. The SMILES string of the molecule is CC(CO)N(C)C(=O)c1cccc(F)c1N. The molecule has 1 atom stereocenters. The van der Waals surface area contributed by atoms with Crippen molar-refractivity contribution in [2.24, 2.45) is 0 Å². The fourth-order valence-electron chi connectivity index (χ4n) is 1.24. The highest BCUT2D eigenvalue weighted by molar-refractivity contribution is 5.99. The van der Waals surface area contributed by atoms with Gasteiger partial charge >= 0.3 is 0 Å². The van der Waals surface area contributed by atoms with Gasteiger partial charge in [0.15, 0.2) is 0 Å². The van der Waals surface area contributed by atoms with E-state index in [0.29, 0.717) is 0 Å².